The van der Waals surface area contributed by atoms with Crippen molar-refractivity contribution in [1.82, 2.24) is 24.1 Å². The Morgan fingerprint density at radius 3 is 2.69 bits per heavy atom. The summed E-state index contributed by atoms with van der Waals surface area (Å²) in [5.74, 6) is -0.139. The average Bonchev–Trinajstić information content (AvgIpc) is 3.15. The van der Waals surface area contributed by atoms with Gasteiger partial charge in [0.2, 0.25) is 0 Å². The van der Waals surface area contributed by atoms with Crippen LogP contribution in [0.25, 0.3) is 22.1 Å². The minimum absolute atomic E-state index is 0.139. The molecule has 4 rings (SSSR count). The van der Waals surface area contributed by atoms with Crippen LogP contribution in [-0.2, 0) is 24.4 Å². The Morgan fingerprint density at radius 1 is 1.12 bits per heavy atom. The van der Waals surface area contributed by atoms with Gasteiger partial charge >= 0.3 is 11.7 Å². The summed E-state index contributed by atoms with van der Waals surface area (Å²) in [6.45, 7) is 4.61. The predicted octanol–water partition coefficient (Wildman–Crippen LogP) is 3.26. The van der Waals surface area contributed by atoms with E-state index in [2.05, 4.69) is 15.0 Å². The lowest BCUT2D eigenvalue weighted by atomic mass is 10.1. The first kappa shape index (κ1) is 21.8. The molecule has 0 saturated heterocycles. The van der Waals surface area contributed by atoms with E-state index in [1.54, 1.807) is 34.9 Å². The Kier molecular flexibility index (Phi) is 6.09. The summed E-state index contributed by atoms with van der Waals surface area (Å²) in [7, 11) is 0. The molecule has 0 spiro atoms. The maximum absolute atomic E-state index is 12.6. The Balaban J connectivity index is 1.64. The van der Waals surface area contributed by atoms with Gasteiger partial charge in [0.15, 0.2) is 11.2 Å². The van der Waals surface area contributed by atoms with Crippen LogP contribution < -0.4 is 11.2 Å². The van der Waals surface area contributed by atoms with E-state index in [-0.39, 0.29) is 6.61 Å². The summed E-state index contributed by atoms with van der Waals surface area (Å²) in [5.41, 5.74) is 0.622. The third kappa shape index (κ3) is 4.03. The number of carbonyl (C=O) groups excluding carboxylic acids is 1. The van der Waals surface area contributed by atoms with Crippen molar-refractivity contribution in [2.24, 2.45) is 0 Å². The minimum Gasteiger partial charge on any atom is -0.454 e. The summed E-state index contributed by atoms with van der Waals surface area (Å²) in [6.07, 6.45) is 1.66. The van der Waals surface area contributed by atoms with Crippen LogP contribution in [0.2, 0.25) is 5.15 Å². The number of pyridine rings is 1. The number of H-pyrrole nitrogens is 1. The lowest BCUT2D eigenvalue weighted by Gasteiger charge is -2.08. The van der Waals surface area contributed by atoms with Gasteiger partial charge in [-0.1, -0.05) is 24.9 Å². The van der Waals surface area contributed by atoms with Crippen molar-refractivity contribution >= 4 is 39.6 Å². The van der Waals surface area contributed by atoms with Crippen molar-refractivity contribution in [3.05, 3.63) is 67.7 Å². The number of esters is 1. The largest absolute Gasteiger partial charge is 0.454 e. The van der Waals surface area contributed by atoms with Crippen LogP contribution in [-0.4, -0.2) is 30.1 Å². The fourth-order valence-electron chi connectivity index (χ4n) is 3.63. The molecular weight excluding hydrogens is 434 g/mol. The van der Waals surface area contributed by atoms with E-state index in [0.29, 0.717) is 46.3 Å². The second-order valence-corrected chi connectivity index (χ2v) is 7.71. The number of carbonyl (C=O) groups is 1. The first-order valence-electron chi connectivity index (χ1n) is 10.4. The van der Waals surface area contributed by atoms with Gasteiger partial charge < -0.3 is 9.30 Å². The first-order chi connectivity index (χ1) is 15.4. The van der Waals surface area contributed by atoms with Crippen LogP contribution in [0.3, 0.4) is 0 Å². The van der Waals surface area contributed by atoms with E-state index in [9.17, 15) is 14.4 Å². The molecule has 0 atom stereocenters. The monoisotopic (exact) mass is 455 g/mol. The fraction of sp³-hybridized carbons (Fsp3) is 0.318. The maximum Gasteiger partial charge on any atom is 0.338 e. The topological polar surface area (TPSA) is 112 Å². The van der Waals surface area contributed by atoms with Crippen LogP contribution in [0, 0.1) is 0 Å². The number of aromatic nitrogens is 5. The normalized spacial score (nSPS) is 11.3. The predicted molar refractivity (Wildman–Crippen MR) is 121 cm³/mol. The van der Waals surface area contributed by atoms with Crippen molar-refractivity contribution in [3.63, 3.8) is 0 Å². The Labute approximate surface area is 187 Å². The number of aromatic amines is 1. The van der Waals surface area contributed by atoms with Crippen molar-refractivity contribution < 1.29 is 9.53 Å². The van der Waals surface area contributed by atoms with Crippen LogP contribution in [0.1, 0.15) is 42.9 Å². The van der Waals surface area contributed by atoms with E-state index in [1.807, 2.05) is 13.8 Å². The third-order valence-corrected chi connectivity index (χ3v) is 5.45. The van der Waals surface area contributed by atoms with Crippen LogP contribution in [0.4, 0.5) is 0 Å². The maximum atomic E-state index is 12.6. The van der Waals surface area contributed by atoms with Crippen LogP contribution in [0.15, 0.2) is 39.9 Å². The summed E-state index contributed by atoms with van der Waals surface area (Å²) in [4.78, 5) is 48.5. The van der Waals surface area contributed by atoms with E-state index in [1.165, 1.54) is 4.57 Å². The quantitative estimate of drug-likeness (QED) is 0.338. The van der Waals surface area contributed by atoms with Crippen LogP contribution >= 0.6 is 11.6 Å². The molecule has 32 heavy (non-hydrogen) atoms. The Bertz CT molecular complexity index is 1440. The first-order valence-corrected chi connectivity index (χ1v) is 10.8. The number of benzene rings is 1. The molecule has 10 heteroatoms. The average molecular weight is 456 g/mol. The molecule has 166 valence electrons. The van der Waals surface area contributed by atoms with Gasteiger partial charge in [0.05, 0.1) is 11.1 Å². The Morgan fingerprint density at radius 2 is 1.94 bits per heavy atom. The second kappa shape index (κ2) is 8.96. The number of halogens is 1. The highest BCUT2D eigenvalue weighted by atomic mass is 35.5. The summed E-state index contributed by atoms with van der Waals surface area (Å²) in [5, 5.41) is 1.13. The molecule has 0 fully saturated rings. The summed E-state index contributed by atoms with van der Waals surface area (Å²) < 4.78 is 8.60. The van der Waals surface area contributed by atoms with E-state index in [0.717, 1.165) is 18.2 Å². The van der Waals surface area contributed by atoms with Gasteiger partial charge in [-0.25, -0.2) is 19.6 Å². The molecule has 4 aromatic rings. The van der Waals surface area contributed by atoms with Crippen molar-refractivity contribution in [2.75, 3.05) is 0 Å². The molecule has 0 aliphatic heterocycles. The van der Waals surface area contributed by atoms with Gasteiger partial charge in [-0.15, -0.1) is 0 Å². The Hall–Kier alpha value is -3.46. The van der Waals surface area contributed by atoms with Crippen molar-refractivity contribution in [3.8, 4) is 0 Å². The van der Waals surface area contributed by atoms with E-state index < -0.39 is 17.2 Å². The molecule has 1 aromatic carbocycles. The number of hydrogen-bond donors (Lipinski definition) is 1. The van der Waals surface area contributed by atoms with Gasteiger partial charge in [0, 0.05) is 18.5 Å². The molecule has 0 aliphatic carbocycles. The molecule has 0 radical (unpaired) electrons. The smallest absolute Gasteiger partial charge is 0.338 e. The number of unbranched alkanes of at least 4 members (excludes halogenated alkanes) is 1. The summed E-state index contributed by atoms with van der Waals surface area (Å²) in [6, 6.07) is 8.42. The number of hydrogen-bond acceptors (Lipinski definition) is 6. The highest BCUT2D eigenvalue weighted by molar-refractivity contribution is 6.29. The van der Waals surface area contributed by atoms with Gasteiger partial charge in [0.25, 0.3) is 5.56 Å². The van der Waals surface area contributed by atoms with Crippen molar-refractivity contribution in [1.29, 1.82) is 0 Å². The van der Waals surface area contributed by atoms with Gasteiger partial charge in [-0.05, 0) is 43.7 Å². The fourth-order valence-corrected chi connectivity index (χ4v) is 3.79. The number of fused-ring (bicyclic) bond motifs is 2. The lowest BCUT2D eigenvalue weighted by molar-refractivity contribution is 0.0459. The van der Waals surface area contributed by atoms with Crippen LogP contribution in [0.5, 0.6) is 0 Å². The molecule has 0 bridgehead atoms. The minimum atomic E-state index is -0.533. The highest BCUT2D eigenvalue weighted by Crippen LogP contribution is 2.19. The van der Waals surface area contributed by atoms with Gasteiger partial charge in [-0.2, -0.15) is 0 Å². The van der Waals surface area contributed by atoms with Crippen molar-refractivity contribution in [2.45, 2.75) is 46.4 Å². The van der Waals surface area contributed by atoms with Gasteiger partial charge in [-0.3, -0.25) is 14.3 Å². The number of ether oxygens (including phenoxy) is 1. The lowest BCUT2D eigenvalue weighted by Crippen LogP contribution is -2.31. The number of aryl methyl sites for hydroxylation is 2. The summed E-state index contributed by atoms with van der Waals surface area (Å²) >= 11 is 5.90. The van der Waals surface area contributed by atoms with E-state index >= 15 is 0 Å². The SMILES string of the molecule is CCCCn1c(=O)[nH]c(=O)c2c1nc(COC(=O)c1ccc3nc(Cl)ccc3c1)n2CC. The zero-order valence-electron chi connectivity index (χ0n) is 17.7. The standard InChI is InChI=1S/C22H22ClN5O4/c1-3-5-10-28-19-18(20(29)26-22(28)31)27(4-2)17(25-19)12-32-21(30)14-6-8-15-13(11-14)7-9-16(23)24-15/h6-9,11H,3-5,10,12H2,1-2H3,(H,26,29,31). The molecule has 3 aromatic heterocycles. The molecule has 0 saturated carbocycles. The molecule has 1 N–H and O–H groups in total. The number of nitrogens with zero attached hydrogens (tertiary/aromatic N) is 4. The molecule has 0 aliphatic rings. The zero-order chi connectivity index (χ0) is 22.8. The molecule has 0 amide bonds. The molecule has 0 unspecified atom stereocenters. The zero-order valence-corrected chi connectivity index (χ0v) is 18.5. The molecule has 3 heterocycles. The van der Waals surface area contributed by atoms with Gasteiger partial charge in [0.1, 0.15) is 17.6 Å². The molecule has 9 nitrogen and oxygen atoms in total. The number of imidazole rings is 1. The third-order valence-electron chi connectivity index (χ3n) is 5.24. The molecular formula is C22H22ClN5O4. The second-order valence-electron chi connectivity index (χ2n) is 7.33. The highest BCUT2D eigenvalue weighted by Gasteiger charge is 2.19. The van der Waals surface area contributed by atoms with E-state index in [4.69, 9.17) is 16.3 Å². The number of rotatable bonds is 7. The number of nitrogens with one attached hydrogen (secondary N) is 1.